The van der Waals surface area contributed by atoms with Gasteiger partial charge in [-0.15, -0.1) is 11.3 Å². The molecule has 1 aromatic carbocycles. The number of non-ortho nitro benzene ring substituents is 1. The van der Waals surface area contributed by atoms with Crippen LogP contribution in [-0.4, -0.2) is 4.92 Å². The third kappa shape index (κ3) is 2.64. The van der Waals surface area contributed by atoms with Crippen molar-refractivity contribution < 1.29 is 4.92 Å². The van der Waals surface area contributed by atoms with Crippen molar-refractivity contribution in [3.8, 4) is 6.07 Å². The van der Waals surface area contributed by atoms with Crippen molar-refractivity contribution in [2.24, 2.45) is 0 Å². The Bertz CT molecular complexity index is 588. The fourth-order valence-electron chi connectivity index (χ4n) is 1.24. The highest BCUT2D eigenvalue weighted by atomic mass is 32.2. The highest BCUT2D eigenvalue weighted by Crippen LogP contribution is 2.34. The fourth-order valence-corrected chi connectivity index (χ4v) is 3.03. The van der Waals surface area contributed by atoms with Gasteiger partial charge in [0.2, 0.25) is 0 Å². The van der Waals surface area contributed by atoms with Crippen LogP contribution in [0.4, 0.5) is 5.69 Å². The molecule has 0 saturated heterocycles. The number of nitro benzene ring substituents is 1. The first-order chi connectivity index (χ1) is 8.20. The minimum atomic E-state index is -0.500. The van der Waals surface area contributed by atoms with Crippen LogP contribution in [0.5, 0.6) is 0 Å². The predicted octanol–water partition coefficient (Wildman–Crippen LogP) is 3.68. The van der Waals surface area contributed by atoms with Crippen molar-refractivity contribution in [3.63, 3.8) is 0 Å². The SMILES string of the molecule is N#Cc1cc([N+](=O)[O-])ccc1Sc1cccs1. The van der Waals surface area contributed by atoms with Crippen LogP contribution in [0.15, 0.2) is 44.8 Å². The Hall–Kier alpha value is -1.84. The number of nitro groups is 1. The van der Waals surface area contributed by atoms with E-state index in [-0.39, 0.29) is 5.69 Å². The molecule has 0 spiro atoms. The average molecular weight is 262 g/mol. The summed E-state index contributed by atoms with van der Waals surface area (Å²) in [6.45, 7) is 0. The number of rotatable bonds is 3. The van der Waals surface area contributed by atoms with Crippen LogP contribution in [0.25, 0.3) is 0 Å². The van der Waals surface area contributed by atoms with Crippen LogP contribution in [0, 0.1) is 21.4 Å². The summed E-state index contributed by atoms with van der Waals surface area (Å²) in [4.78, 5) is 10.8. The molecule has 1 heterocycles. The molecule has 0 atom stereocenters. The lowest BCUT2D eigenvalue weighted by Gasteiger charge is -2.01. The Labute approximate surface area is 106 Å². The molecule has 0 aliphatic rings. The molecule has 0 aliphatic carbocycles. The molecular formula is C11H6N2O2S2. The third-order valence-corrected chi connectivity index (χ3v) is 4.11. The number of nitrogens with zero attached hydrogens (tertiary/aromatic N) is 2. The number of hydrogen-bond acceptors (Lipinski definition) is 5. The van der Waals surface area contributed by atoms with Gasteiger partial charge in [-0.2, -0.15) is 5.26 Å². The predicted molar refractivity (Wildman–Crippen MR) is 66.3 cm³/mol. The average Bonchev–Trinajstić information content (AvgIpc) is 2.82. The first-order valence-electron chi connectivity index (χ1n) is 4.60. The van der Waals surface area contributed by atoms with Gasteiger partial charge in [-0.05, 0) is 17.5 Å². The monoisotopic (exact) mass is 262 g/mol. The van der Waals surface area contributed by atoms with Crippen molar-refractivity contribution in [1.82, 2.24) is 0 Å². The van der Waals surface area contributed by atoms with Crippen LogP contribution >= 0.6 is 23.1 Å². The molecule has 0 unspecified atom stereocenters. The van der Waals surface area contributed by atoms with Gasteiger partial charge in [-0.1, -0.05) is 17.8 Å². The van der Waals surface area contributed by atoms with Gasteiger partial charge in [0.1, 0.15) is 6.07 Å². The Morgan fingerprint density at radius 1 is 1.41 bits per heavy atom. The molecule has 0 aliphatic heterocycles. The lowest BCUT2D eigenvalue weighted by Crippen LogP contribution is -1.89. The molecule has 0 saturated carbocycles. The maximum Gasteiger partial charge on any atom is 0.270 e. The molecule has 1 aromatic heterocycles. The number of nitriles is 1. The zero-order valence-electron chi connectivity index (χ0n) is 8.49. The number of benzene rings is 1. The van der Waals surface area contributed by atoms with Gasteiger partial charge in [-0.25, -0.2) is 0 Å². The molecule has 0 amide bonds. The highest BCUT2D eigenvalue weighted by Gasteiger charge is 2.11. The van der Waals surface area contributed by atoms with E-state index in [1.54, 1.807) is 17.4 Å². The molecule has 0 fully saturated rings. The van der Waals surface area contributed by atoms with Crippen LogP contribution in [0.1, 0.15) is 5.56 Å². The summed E-state index contributed by atoms with van der Waals surface area (Å²) in [5.41, 5.74) is 0.273. The first kappa shape index (κ1) is 11.6. The summed E-state index contributed by atoms with van der Waals surface area (Å²) < 4.78 is 1.05. The molecule has 4 nitrogen and oxygen atoms in total. The third-order valence-electron chi connectivity index (χ3n) is 2.00. The Morgan fingerprint density at radius 3 is 2.82 bits per heavy atom. The zero-order valence-corrected chi connectivity index (χ0v) is 10.1. The molecule has 84 valence electrons. The van der Waals surface area contributed by atoms with E-state index in [2.05, 4.69) is 0 Å². The summed E-state index contributed by atoms with van der Waals surface area (Å²) in [5.74, 6) is 0. The second-order valence-corrected chi connectivity index (χ2v) is 5.37. The Kier molecular flexibility index (Phi) is 3.42. The molecule has 0 radical (unpaired) electrons. The summed E-state index contributed by atoms with van der Waals surface area (Å²) in [6.07, 6.45) is 0. The molecule has 0 N–H and O–H groups in total. The normalized spacial score (nSPS) is 9.82. The van der Waals surface area contributed by atoms with Crippen LogP contribution < -0.4 is 0 Å². The molecule has 0 bridgehead atoms. The van der Waals surface area contributed by atoms with E-state index in [1.807, 2.05) is 23.6 Å². The van der Waals surface area contributed by atoms with Crippen molar-refractivity contribution in [1.29, 1.82) is 5.26 Å². The standard InChI is InChI=1S/C11H6N2O2S2/c12-7-8-6-9(13(14)15)3-4-10(8)17-11-2-1-5-16-11/h1-6H. The van der Waals surface area contributed by atoms with E-state index in [1.165, 1.54) is 23.9 Å². The summed E-state index contributed by atoms with van der Waals surface area (Å²) in [7, 11) is 0. The maximum atomic E-state index is 10.6. The van der Waals surface area contributed by atoms with Crippen LogP contribution in [0.3, 0.4) is 0 Å². The van der Waals surface area contributed by atoms with Crippen molar-refractivity contribution in [2.75, 3.05) is 0 Å². The van der Waals surface area contributed by atoms with E-state index in [0.717, 1.165) is 9.10 Å². The van der Waals surface area contributed by atoms with E-state index in [0.29, 0.717) is 5.56 Å². The van der Waals surface area contributed by atoms with Crippen LogP contribution in [0.2, 0.25) is 0 Å². The summed E-state index contributed by atoms with van der Waals surface area (Å²) >= 11 is 3.01. The van der Waals surface area contributed by atoms with Crippen molar-refractivity contribution in [3.05, 3.63) is 51.4 Å². The van der Waals surface area contributed by atoms with Crippen molar-refractivity contribution >= 4 is 28.8 Å². The lowest BCUT2D eigenvalue weighted by atomic mass is 10.2. The first-order valence-corrected chi connectivity index (χ1v) is 6.30. The topological polar surface area (TPSA) is 66.9 Å². The maximum absolute atomic E-state index is 10.6. The van der Waals surface area contributed by atoms with Crippen molar-refractivity contribution in [2.45, 2.75) is 9.10 Å². The zero-order chi connectivity index (χ0) is 12.3. The van der Waals surface area contributed by atoms with E-state index >= 15 is 0 Å². The van der Waals surface area contributed by atoms with Gasteiger partial charge in [0.15, 0.2) is 0 Å². The van der Waals surface area contributed by atoms with E-state index in [4.69, 9.17) is 5.26 Å². The number of thiophene rings is 1. The van der Waals surface area contributed by atoms with Gasteiger partial charge >= 0.3 is 0 Å². The number of hydrogen-bond donors (Lipinski definition) is 0. The Balaban J connectivity index is 2.35. The Morgan fingerprint density at radius 2 is 2.24 bits per heavy atom. The van der Waals surface area contributed by atoms with Gasteiger partial charge in [0, 0.05) is 17.0 Å². The largest absolute Gasteiger partial charge is 0.270 e. The summed E-state index contributed by atoms with van der Waals surface area (Å²) in [6, 6.07) is 10.2. The molecule has 6 heteroatoms. The van der Waals surface area contributed by atoms with Crippen LogP contribution in [-0.2, 0) is 0 Å². The highest BCUT2D eigenvalue weighted by molar-refractivity contribution is 8.01. The quantitative estimate of drug-likeness (QED) is 0.625. The smallest absolute Gasteiger partial charge is 0.258 e. The fraction of sp³-hybridized carbons (Fsp3) is 0. The van der Waals surface area contributed by atoms with Gasteiger partial charge in [0.25, 0.3) is 5.69 Å². The molecule has 2 aromatic rings. The molecular weight excluding hydrogens is 256 g/mol. The minimum absolute atomic E-state index is 0.0583. The molecule has 2 rings (SSSR count). The molecule has 17 heavy (non-hydrogen) atoms. The van der Waals surface area contributed by atoms with Gasteiger partial charge < -0.3 is 0 Å². The van der Waals surface area contributed by atoms with E-state index < -0.39 is 4.92 Å². The minimum Gasteiger partial charge on any atom is -0.258 e. The lowest BCUT2D eigenvalue weighted by molar-refractivity contribution is -0.384. The second kappa shape index (κ2) is 4.99. The summed E-state index contributed by atoms with van der Waals surface area (Å²) in [5, 5.41) is 21.5. The van der Waals surface area contributed by atoms with E-state index in [9.17, 15) is 10.1 Å². The van der Waals surface area contributed by atoms with Gasteiger partial charge in [0.05, 0.1) is 14.7 Å². The second-order valence-electron chi connectivity index (χ2n) is 3.08. The van der Waals surface area contributed by atoms with Gasteiger partial charge in [-0.3, -0.25) is 10.1 Å².